The molecule has 9 heteroatoms. The molecule has 2 aromatic rings. The fraction of sp³-hybridized carbons (Fsp3) is 0.429. The Hall–Kier alpha value is -2.11. The van der Waals surface area contributed by atoms with E-state index in [4.69, 9.17) is 9.15 Å². The smallest absolute Gasteiger partial charge is 0.238 e. The third-order valence-corrected chi connectivity index (χ3v) is 3.94. The molecule has 0 bridgehead atoms. The molecule has 166 valence electrons. The van der Waals surface area contributed by atoms with Gasteiger partial charge in [0, 0.05) is 32.4 Å². The van der Waals surface area contributed by atoms with Gasteiger partial charge in [-0.15, -0.1) is 24.0 Å². The van der Waals surface area contributed by atoms with Crippen molar-refractivity contribution < 1.29 is 13.9 Å². The highest BCUT2D eigenvalue weighted by molar-refractivity contribution is 14.0. The van der Waals surface area contributed by atoms with E-state index in [1.165, 1.54) is 0 Å². The average molecular weight is 529 g/mol. The van der Waals surface area contributed by atoms with E-state index >= 15 is 0 Å². The molecule has 8 nitrogen and oxygen atoms in total. The molecule has 0 aliphatic carbocycles. The highest BCUT2D eigenvalue weighted by atomic mass is 127. The summed E-state index contributed by atoms with van der Waals surface area (Å²) in [4.78, 5) is 18.0. The molecule has 0 aliphatic rings. The zero-order chi connectivity index (χ0) is 20.9. The Bertz CT molecular complexity index is 766. The number of aliphatic imine (C=N–C) groups is 1. The van der Waals surface area contributed by atoms with Crippen LogP contribution in [0.25, 0.3) is 0 Å². The summed E-state index contributed by atoms with van der Waals surface area (Å²) in [6.07, 6.45) is 2.50. The number of halogens is 1. The van der Waals surface area contributed by atoms with Crippen LogP contribution in [0.4, 0.5) is 5.69 Å². The monoisotopic (exact) mass is 529 g/mol. The standard InChI is InChI=1S/C21H31N5O3.HI/c1-22-21(23-10-6-11-28-16-19-9-5-12-29-19)24-14-17-7-4-8-18(13-17)25-20(27)15-26(2)3;/h4-5,7-9,12-13H,6,10-11,14-16H2,1-3H3,(H,25,27)(H2,22,23,24);1H. The number of nitrogens with zero attached hydrogens (tertiary/aromatic N) is 2. The molecule has 2 rings (SSSR count). The number of carbonyl (C=O) groups excluding carboxylic acids is 1. The normalized spacial score (nSPS) is 11.1. The molecule has 0 spiro atoms. The van der Waals surface area contributed by atoms with Crippen molar-refractivity contribution in [2.24, 2.45) is 4.99 Å². The number of hydrogen-bond acceptors (Lipinski definition) is 5. The molecule has 0 unspecified atom stereocenters. The number of furan rings is 1. The highest BCUT2D eigenvalue weighted by Gasteiger charge is 2.05. The lowest BCUT2D eigenvalue weighted by molar-refractivity contribution is -0.116. The van der Waals surface area contributed by atoms with Gasteiger partial charge in [0.05, 0.1) is 12.8 Å². The van der Waals surface area contributed by atoms with Crippen LogP contribution in [-0.2, 0) is 22.7 Å². The summed E-state index contributed by atoms with van der Waals surface area (Å²) in [7, 11) is 5.47. The van der Waals surface area contributed by atoms with E-state index in [9.17, 15) is 4.79 Å². The second kappa shape index (κ2) is 14.8. The number of guanidine groups is 1. The molecule has 3 N–H and O–H groups in total. The predicted octanol–water partition coefficient (Wildman–Crippen LogP) is 2.67. The van der Waals surface area contributed by atoms with Crippen molar-refractivity contribution in [3.63, 3.8) is 0 Å². The summed E-state index contributed by atoms with van der Waals surface area (Å²) in [5.74, 6) is 1.51. The lowest BCUT2D eigenvalue weighted by atomic mass is 10.2. The fourth-order valence-electron chi connectivity index (χ4n) is 2.60. The van der Waals surface area contributed by atoms with Crippen molar-refractivity contribution in [1.29, 1.82) is 0 Å². The largest absolute Gasteiger partial charge is 0.467 e. The van der Waals surface area contributed by atoms with Crippen LogP contribution in [0.15, 0.2) is 52.1 Å². The maximum absolute atomic E-state index is 11.9. The van der Waals surface area contributed by atoms with Crippen LogP contribution in [0, 0.1) is 0 Å². The maximum atomic E-state index is 11.9. The van der Waals surface area contributed by atoms with Crippen molar-refractivity contribution in [3.05, 3.63) is 54.0 Å². The summed E-state index contributed by atoms with van der Waals surface area (Å²) in [5, 5.41) is 9.44. The first-order valence-electron chi connectivity index (χ1n) is 9.65. The van der Waals surface area contributed by atoms with Gasteiger partial charge in [0.2, 0.25) is 5.91 Å². The summed E-state index contributed by atoms with van der Waals surface area (Å²) in [6, 6.07) is 11.5. The number of rotatable bonds is 11. The number of amides is 1. The molecule has 0 radical (unpaired) electrons. The number of ether oxygens (including phenoxy) is 1. The van der Waals surface area contributed by atoms with Gasteiger partial charge >= 0.3 is 0 Å². The van der Waals surface area contributed by atoms with E-state index in [1.807, 2.05) is 55.4 Å². The van der Waals surface area contributed by atoms with Gasteiger partial charge in [-0.3, -0.25) is 9.79 Å². The third-order valence-electron chi connectivity index (χ3n) is 3.94. The second-order valence-electron chi connectivity index (χ2n) is 6.82. The molecule has 30 heavy (non-hydrogen) atoms. The first-order valence-corrected chi connectivity index (χ1v) is 9.65. The minimum absolute atomic E-state index is 0. The molecular weight excluding hydrogens is 497 g/mol. The van der Waals surface area contributed by atoms with Crippen LogP contribution >= 0.6 is 24.0 Å². The van der Waals surface area contributed by atoms with E-state index in [-0.39, 0.29) is 29.9 Å². The van der Waals surface area contributed by atoms with Crippen molar-refractivity contribution in [3.8, 4) is 0 Å². The Morgan fingerprint density at radius 3 is 2.73 bits per heavy atom. The minimum Gasteiger partial charge on any atom is -0.467 e. The van der Waals surface area contributed by atoms with Crippen LogP contribution in [-0.4, -0.2) is 57.6 Å². The van der Waals surface area contributed by atoms with Crippen LogP contribution in [0.1, 0.15) is 17.7 Å². The van der Waals surface area contributed by atoms with E-state index in [2.05, 4.69) is 20.9 Å². The second-order valence-corrected chi connectivity index (χ2v) is 6.82. The first-order chi connectivity index (χ1) is 14.1. The van der Waals surface area contributed by atoms with Crippen molar-refractivity contribution in [2.75, 3.05) is 46.2 Å². The third kappa shape index (κ3) is 10.6. The minimum atomic E-state index is -0.0353. The van der Waals surface area contributed by atoms with Crippen molar-refractivity contribution >= 4 is 41.5 Å². The Morgan fingerprint density at radius 2 is 2.03 bits per heavy atom. The van der Waals surface area contributed by atoms with E-state index in [0.717, 1.165) is 35.9 Å². The Kier molecular flexibility index (Phi) is 12.8. The van der Waals surface area contributed by atoms with Gasteiger partial charge in [0.1, 0.15) is 12.4 Å². The van der Waals surface area contributed by atoms with Crippen molar-refractivity contribution in [1.82, 2.24) is 15.5 Å². The topological polar surface area (TPSA) is 91.1 Å². The number of likely N-dealkylation sites (N-methyl/N-ethyl adjacent to an activating group) is 1. The predicted molar refractivity (Wildman–Crippen MR) is 130 cm³/mol. The van der Waals surface area contributed by atoms with Gasteiger partial charge < -0.3 is 30.0 Å². The molecule has 1 aromatic carbocycles. The van der Waals surface area contributed by atoms with Crippen LogP contribution in [0.2, 0.25) is 0 Å². The van der Waals surface area contributed by atoms with E-state index in [1.54, 1.807) is 13.3 Å². The van der Waals surface area contributed by atoms with Gasteiger partial charge in [-0.1, -0.05) is 12.1 Å². The maximum Gasteiger partial charge on any atom is 0.238 e. The van der Waals surface area contributed by atoms with Gasteiger partial charge in [0.15, 0.2) is 5.96 Å². The summed E-state index contributed by atoms with van der Waals surface area (Å²) in [5.41, 5.74) is 1.84. The zero-order valence-corrected chi connectivity index (χ0v) is 20.1. The Balaban J connectivity index is 0.00000450. The Labute approximate surface area is 195 Å². The lowest BCUT2D eigenvalue weighted by Gasteiger charge is -2.13. The molecule has 1 heterocycles. The highest BCUT2D eigenvalue weighted by Crippen LogP contribution is 2.10. The summed E-state index contributed by atoms with van der Waals surface area (Å²) >= 11 is 0. The molecule has 1 aromatic heterocycles. The molecule has 0 fully saturated rings. The molecule has 1 amide bonds. The van der Waals surface area contributed by atoms with Gasteiger partial charge in [-0.05, 0) is 50.3 Å². The summed E-state index contributed by atoms with van der Waals surface area (Å²) < 4.78 is 10.8. The quantitative estimate of drug-likeness (QED) is 0.180. The van der Waals surface area contributed by atoms with Crippen LogP contribution in [0.5, 0.6) is 0 Å². The average Bonchev–Trinajstić information content (AvgIpc) is 3.20. The number of benzene rings is 1. The number of carbonyl (C=O) groups is 1. The number of nitrogens with one attached hydrogen (secondary N) is 3. The first kappa shape index (κ1) is 25.9. The van der Waals surface area contributed by atoms with Gasteiger partial charge in [-0.2, -0.15) is 0 Å². The molecule has 0 atom stereocenters. The molecular formula is C21H32IN5O3. The van der Waals surface area contributed by atoms with Crippen molar-refractivity contribution in [2.45, 2.75) is 19.6 Å². The van der Waals surface area contributed by atoms with Crippen LogP contribution < -0.4 is 16.0 Å². The lowest BCUT2D eigenvalue weighted by Crippen LogP contribution is -2.37. The number of anilines is 1. The van der Waals surface area contributed by atoms with Gasteiger partial charge in [-0.25, -0.2) is 0 Å². The van der Waals surface area contributed by atoms with E-state index < -0.39 is 0 Å². The molecule has 0 saturated heterocycles. The molecule has 0 saturated carbocycles. The summed E-state index contributed by atoms with van der Waals surface area (Å²) in [6.45, 7) is 2.83. The Morgan fingerprint density at radius 1 is 1.20 bits per heavy atom. The number of hydrogen-bond donors (Lipinski definition) is 3. The zero-order valence-electron chi connectivity index (χ0n) is 17.8. The fourth-order valence-corrected chi connectivity index (χ4v) is 2.60. The molecule has 0 aliphatic heterocycles. The SMILES string of the molecule is CN=C(NCCCOCc1ccco1)NCc1cccc(NC(=O)CN(C)C)c1.I. The van der Waals surface area contributed by atoms with Gasteiger partial charge in [0.25, 0.3) is 0 Å². The van der Waals surface area contributed by atoms with E-state index in [0.29, 0.717) is 26.3 Å². The van der Waals surface area contributed by atoms with Crippen LogP contribution in [0.3, 0.4) is 0 Å².